The van der Waals surface area contributed by atoms with Crippen molar-refractivity contribution in [3.05, 3.63) is 89.5 Å². The van der Waals surface area contributed by atoms with E-state index in [9.17, 15) is 14.7 Å². The second kappa shape index (κ2) is 12.4. The molecule has 1 aliphatic rings. The highest BCUT2D eigenvalue weighted by molar-refractivity contribution is 6.22. The molecule has 9 nitrogen and oxygen atoms in total. The number of nitrogens with one attached hydrogen (secondary N) is 2. The first-order valence-corrected chi connectivity index (χ1v) is 13.9. The van der Waals surface area contributed by atoms with Crippen LogP contribution in [-0.4, -0.2) is 90.8 Å². The predicted octanol–water partition coefficient (Wildman–Crippen LogP) is 4.00. The number of rotatable bonds is 8. The van der Waals surface area contributed by atoms with Crippen LogP contribution >= 0.6 is 0 Å². The summed E-state index contributed by atoms with van der Waals surface area (Å²) >= 11 is 0. The SMILES string of the molecule is CCNC(=O)c1ccc2c(C(=Nc3ccc(N(C)C(=O)CN4CCN(C)CC4)cc3)c3ccccc3)c(O)[nH]c2c1. The number of benzene rings is 3. The third-order valence-corrected chi connectivity index (χ3v) is 7.47. The Bertz CT molecular complexity index is 1550. The highest BCUT2D eigenvalue weighted by Crippen LogP contribution is 2.32. The summed E-state index contributed by atoms with van der Waals surface area (Å²) in [5, 5.41) is 14.6. The van der Waals surface area contributed by atoms with Crippen LogP contribution in [0.2, 0.25) is 0 Å². The average molecular weight is 553 g/mol. The zero-order valence-electron chi connectivity index (χ0n) is 23.7. The van der Waals surface area contributed by atoms with E-state index in [0.717, 1.165) is 42.8 Å². The summed E-state index contributed by atoms with van der Waals surface area (Å²) < 4.78 is 0. The molecule has 212 valence electrons. The van der Waals surface area contributed by atoms with Gasteiger partial charge in [0.25, 0.3) is 5.91 Å². The predicted molar refractivity (Wildman–Crippen MR) is 164 cm³/mol. The fourth-order valence-electron chi connectivity index (χ4n) is 5.01. The molecule has 1 saturated heterocycles. The molecule has 2 heterocycles. The van der Waals surface area contributed by atoms with E-state index in [4.69, 9.17) is 4.99 Å². The Morgan fingerprint density at radius 3 is 2.37 bits per heavy atom. The topological polar surface area (TPSA) is 104 Å². The first kappa shape index (κ1) is 28.1. The monoisotopic (exact) mass is 552 g/mol. The van der Waals surface area contributed by atoms with Gasteiger partial charge in [-0.25, -0.2) is 4.99 Å². The third-order valence-electron chi connectivity index (χ3n) is 7.47. The molecule has 1 fully saturated rings. The van der Waals surface area contributed by atoms with Gasteiger partial charge in [0.1, 0.15) is 0 Å². The quantitative estimate of drug-likeness (QED) is 0.287. The Hall–Kier alpha value is -4.47. The lowest BCUT2D eigenvalue weighted by molar-refractivity contribution is -0.119. The number of anilines is 1. The van der Waals surface area contributed by atoms with Crippen LogP contribution in [0.5, 0.6) is 5.88 Å². The number of H-pyrrole nitrogens is 1. The highest BCUT2D eigenvalue weighted by Gasteiger charge is 2.21. The molecule has 0 spiro atoms. The number of fused-ring (bicyclic) bond motifs is 1. The highest BCUT2D eigenvalue weighted by atomic mass is 16.3. The summed E-state index contributed by atoms with van der Waals surface area (Å²) in [6.45, 7) is 6.50. The van der Waals surface area contributed by atoms with E-state index < -0.39 is 0 Å². The van der Waals surface area contributed by atoms with E-state index in [2.05, 4.69) is 27.1 Å². The van der Waals surface area contributed by atoms with E-state index in [0.29, 0.717) is 41.1 Å². The number of carbonyl (C=O) groups excluding carboxylic acids is 2. The molecule has 2 amide bonds. The maximum atomic E-state index is 12.9. The molecule has 0 radical (unpaired) electrons. The Morgan fingerprint density at radius 2 is 1.68 bits per heavy atom. The zero-order chi connectivity index (χ0) is 28.9. The number of aromatic amines is 1. The van der Waals surface area contributed by atoms with Crippen LogP contribution in [0, 0.1) is 0 Å². The van der Waals surface area contributed by atoms with Crippen molar-refractivity contribution in [3.63, 3.8) is 0 Å². The molecule has 3 N–H and O–H groups in total. The van der Waals surface area contributed by atoms with Gasteiger partial charge in [0.2, 0.25) is 5.91 Å². The molecular formula is C32H36N6O3. The van der Waals surface area contributed by atoms with Gasteiger partial charge in [-0.3, -0.25) is 14.5 Å². The number of carbonyl (C=O) groups is 2. The Balaban J connectivity index is 1.44. The van der Waals surface area contributed by atoms with E-state index in [1.807, 2.05) is 67.6 Å². The lowest BCUT2D eigenvalue weighted by atomic mass is 10.00. The van der Waals surface area contributed by atoms with Crippen molar-refractivity contribution in [2.45, 2.75) is 6.92 Å². The molecule has 9 heteroatoms. The van der Waals surface area contributed by atoms with Crippen molar-refractivity contribution in [1.82, 2.24) is 20.1 Å². The molecule has 0 aliphatic carbocycles. The molecule has 0 saturated carbocycles. The fraction of sp³-hybridized carbons (Fsp3) is 0.281. The minimum atomic E-state index is -0.172. The molecule has 0 atom stereocenters. The lowest BCUT2D eigenvalue weighted by Crippen LogP contribution is -2.48. The van der Waals surface area contributed by atoms with Gasteiger partial charge in [0.05, 0.1) is 23.5 Å². The third kappa shape index (κ3) is 6.32. The molecule has 4 aromatic rings. The second-order valence-electron chi connectivity index (χ2n) is 10.3. The second-order valence-corrected chi connectivity index (χ2v) is 10.3. The Kier molecular flexibility index (Phi) is 8.47. The number of piperazine rings is 1. The molecule has 0 unspecified atom stereocenters. The number of hydrogen-bond acceptors (Lipinski definition) is 6. The van der Waals surface area contributed by atoms with Crippen LogP contribution in [-0.2, 0) is 4.79 Å². The lowest BCUT2D eigenvalue weighted by Gasteiger charge is -2.32. The van der Waals surface area contributed by atoms with Gasteiger partial charge in [-0.2, -0.15) is 0 Å². The van der Waals surface area contributed by atoms with Gasteiger partial charge in [0.15, 0.2) is 5.88 Å². The number of nitrogens with zero attached hydrogens (tertiary/aromatic N) is 4. The summed E-state index contributed by atoms with van der Waals surface area (Å²) in [7, 11) is 3.90. The van der Waals surface area contributed by atoms with E-state index >= 15 is 0 Å². The minimum Gasteiger partial charge on any atom is -0.494 e. The van der Waals surface area contributed by atoms with Crippen LogP contribution in [0.1, 0.15) is 28.4 Å². The van der Waals surface area contributed by atoms with Gasteiger partial charge >= 0.3 is 0 Å². The number of aromatic hydroxyl groups is 1. The maximum Gasteiger partial charge on any atom is 0.251 e. The molecule has 41 heavy (non-hydrogen) atoms. The summed E-state index contributed by atoms with van der Waals surface area (Å²) in [5.41, 5.74) is 4.59. The van der Waals surface area contributed by atoms with Crippen molar-refractivity contribution in [2.24, 2.45) is 4.99 Å². The van der Waals surface area contributed by atoms with Gasteiger partial charge in [-0.15, -0.1) is 0 Å². The van der Waals surface area contributed by atoms with Crippen molar-refractivity contribution in [2.75, 3.05) is 58.3 Å². The van der Waals surface area contributed by atoms with E-state index in [1.54, 1.807) is 24.1 Å². The molecular weight excluding hydrogens is 516 g/mol. The van der Waals surface area contributed by atoms with Crippen LogP contribution in [0.3, 0.4) is 0 Å². The maximum absolute atomic E-state index is 12.9. The van der Waals surface area contributed by atoms with E-state index in [1.165, 1.54) is 0 Å². The first-order chi connectivity index (χ1) is 19.8. The number of hydrogen-bond donors (Lipinski definition) is 3. The number of aliphatic imine (C=N–C) groups is 1. The Labute approximate surface area is 240 Å². The van der Waals surface area contributed by atoms with Gasteiger partial charge < -0.3 is 25.2 Å². The van der Waals surface area contributed by atoms with Crippen molar-refractivity contribution in [1.29, 1.82) is 0 Å². The van der Waals surface area contributed by atoms with Gasteiger partial charge in [-0.05, 0) is 50.4 Å². The summed E-state index contributed by atoms with van der Waals surface area (Å²) in [6, 6.07) is 22.5. The molecule has 0 bridgehead atoms. The minimum absolute atomic E-state index is 0.0264. The zero-order valence-corrected chi connectivity index (χ0v) is 23.7. The number of amides is 2. The summed E-state index contributed by atoms with van der Waals surface area (Å²) in [5.74, 6) is -0.151. The summed E-state index contributed by atoms with van der Waals surface area (Å²) in [6.07, 6.45) is 0. The van der Waals surface area contributed by atoms with E-state index in [-0.39, 0.29) is 17.7 Å². The average Bonchev–Trinajstić information content (AvgIpc) is 3.32. The van der Waals surface area contributed by atoms with Gasteiger partial charge in [0, 0.05) is 67.5 Å². The molecule has 3 aromatic carbocycles. The first-order valence-electron chi connectivity index (χ1n) is 13.9. The molecule has 1 aromatic heterocycles. The standard InChI is InChI=1S/C32H36N6O3/c1-4-33-31(40)23-10-15-26-27(20-23)35-32(41)29(26)30(22-8-6-5-7-9-22)34-24-11-13-25(14-12-24)37(3)28(39)21-38-18-16-36(2)17-19-38/h5-15,20,35,41H,4,16-19,21H2,1-3H3,(H,33,40). The molecule has 5 rings (SSSR count). The Morgan fingerprint density at radius 1 is 0.976 bits per heavy atom. The molecule has 1 aliphatic heterocycles. The summed E-state index contributed by atoms with van der Waals surface area (Å²) in [4.78, 5) is 39.4. The smallest absolute Gasteiger partial charge is 0.251 e. The normalized spacial score (nSPS) is 14.8. The number of likely N-dealkylation sites (N-methyl/N-ethyl adjacent to an activating group) is 2. The fourth-order valence-corrected chi connectivity index (χ4v) is 5.01. The van der Waals surface area contributed by atoms with Crippen LogP contribution in [0.25, 0.3) is 10.9 Å². The number of aromatic nitrogens is 1. The van der Waals surface area contributed by atoms with Gasteiger partial charge in [-0.1, -0.05) is 36.4 Å². The van der Waals surface area contributed by atoms with Crippen molar-refractivity contribution in [3.8, 4) is 5.88 Å². The van der Waals surface area contributed by atoms with Crippen LogP contribution in [0.15, 0.2) is 77.8 Å². The largest absolute Gasteiger partial charge is 0.494 e. The van der Waals surface area contributed by atoms with Crippen molar-refractivity contribution >= 4 is 39.8 Å². The van der Waals surface area contributed by atoms with Crippen LogP contribution < -0.4 is 10.2 Å². The van der Waals surface area contributed by atoms with Crippen LogP contribution in [0.4, 0.5) is 11.4 Å². The van der Waals surface area contributed by atoms with Crippen molar-refractivity contribution < 1.29 is 14.7 Å².